The standard InChI is InChI=1S/C14H21N3O3/c1-15-12-4-3-5-13(14(12)17(18)19)16(2)8-9-20-10-11-6-7-11/h3-5,11,15H,6-10H2,1-2H3. The summed E-state index contributed by atoms with van der Waals surface area (Å²) in [5, 5.41) is 14.1. The van der Waals surface area contributed by atoms with E-state index < -0.39 is 0 Å². The Morgan fingerprint density at radius 3 is 2.85 bits per heavy atom. The normalized spacial score (nSPS) is 14.1. The summed E-state index contributed by atoms with van der Waals surface area (Å²) in [5.74, 6) is 0.738. The van der Waals surface area contributed by atoms with Crippen molar-refractivity contribution in [2.24, 2.45) is 5.92 Å². The summed E-state index contributed by atoms with van der Waals surface area (Å²) >= 11 is 0. The largest absolute Gasteiger partial charge is 0.382 e. The van der Waals surface area contributed by atoms with Crippen LogP contribution < -0.4 is 10.2 Å². The van der Waals surface area contributed by atoms with Crippen LogP contribution in [0.15, 0.2) is 18.2 Å². The fraction of sp³-hybridized carbons (Fsp3) is 0.571. The number of anilines is 2. The molecule has 20 heavy (non-hydrogen) atoms. The minimum atomic E-state index is -0.345. The number of nitrogens with one attached hydrogen (secondary N) is 1. The molecule has 0 spiro atoms. The van der Waals surface area contributed by atoms with Gasteiger partial charge in [-0.15, -0.1) is 0 Å². The van der Waals surface area contributed by atoms with Crippen LogP contribution in [-0.4, -0.2) is 38.8 Å². The van der Waals surface area contributed by atoms with Gasteiger partial charge in [-0.2, -0.15) is 0 Å². The molecule has 0 amide bonds. The molecule has 1 aromatic carbocycles. The van der Waals surface area contributed by atoms with Gasteiger partial charge in [-0.1, -0.05) is 6.07 Å². The van der Waals surface area contributed by atoms with Gasteiger partial charge in [0, 0.05) is 27.2 Å². The van der Waals surface area contributed by atoms with Crippen molar-refractivity contribution in [1.29, 1.82) is 0 Å². The Morgan fingerprint density at radius 1 is 1.50 bits per heavy atom. The highest BCUT2D eigenvalue weighted by atomic mass is 16.6. The summed E-state index contributed by atoms with van der Waals surface area (Å²) < 4.78 is 5.58. The van der Waals surface area contributed by atoms with Crippen LogP contribution in [-0.2, 0) is 4.74 Å². The molecule has 6 heteroatoms. The molecule has 1 N–H and O–H groups in total. The lowest BCUT2D eigenvalue weighted by atomic mass is 10.2. The summed E-state index contributed by atoms with van der Waals surface area (Å²) in [6.45, 7) is 2.04. The Bertz CT molecular complexity index is 475. The minimum Gasteiger partial charge on any atom is -0.382 e. The highest BCUT2D eigenvalue weighted by Crippen LogP contribution is 2.34. The van der Waals surface area contributed by atoms with Crippen LogP contribution in [0.25, 0.3) is 0 Å². The Morgan fingerprint density at radius 2 is 2.25 bits per heavy atom. The highest BCUT2D eigenvalue weighted by molar-refractivity contribution is 5.76. The van der Waals surface area contributed by atoms with Crippen LogP contribution in [0.5, 0.6) is 0 Å². The number of rotatable bonds is 8. The van der Waals surface area contributed by atoms with E-state index >= 15 is 0 Å². The SMILES string of the molecule is CNc1cccc(N(C)CCOCC2CC2)c1[N+](=O)[O-]. The van der Waals surface area contributed by atoms with Crippen molar-refractivity contribution in [3.8, 4) is 0 Å². The van der Waals surface area contributed by atoms with E-state index in [0.717, 1.165) is 12.5 Å². The van der Waals surface area contributed by atoms with Gasteiger partial charge in [0.15, 0.2) is 0 Å². The van der Waals surface area contributed by atoms with E-state index in [9.17, 15) is 10.1 Å². The van der Waals surface area contributed by atoms with Crippen molar-refractivity contribution in [3.05, 3.63) is 28.3 Å². The number of ether oxygens (including phenoxy) is 1. The van der Waals surface area contributed by atoms with Gasteiger partial charge in [-0.05, 0) is 30.9 Å². The number of hydrogen-bond donors (Lipinski definition) is 1. The van der Waals surface area contributed by atoms with Gasteiger partial charge >= 0.3 is 5.69 Å². The summed E-state index contributed by atoms with van der Waals surface area (Å²) in [6, 6.07) is 5.29. The second-order valence-electron chi connectivity index (χ2n) is 5.12. The number of para-hydroxylation sites is 1. The fourth-order valence-electron chi connectivity index (χ4n) is 2.09. The summed E-state index contributed by atoms with van der Waals surface area (Å²) in [7, 11) is 3.53. The van der Waals surface area contributed by atoms with Gasteiger partial charge in [0.1, 0.15) is 11.4 Å². The molecular weight excluding hydrogens is 258 g/mol. The van der Waals surface area contributed by atoms with Crippen LogP contribution in [0.4, 0.5) is 17.1 Å². The molecule has 0 radical (unpaired) electrons. The maximum absolute atomic E-state index is 11.2. The molecule has 1 saturated carbocycles. The monoisotopic (exact) mass is 279 g/mol. The van der Waals surface area contributed by atoms with E-state index in [4.69, 9.17) is 4.74 Å². The lowest BCUT2D eigenvalue weighted by molar-refractivity contribution is -0.383. The average Bonchev–Trinajstić information content (AvgIpc) is 3.26. The maximum Gasteiger partial charge on any atom is 0.315 e. The number of nitro groups is 1. The topological polar surface area (TPSA) is 67.6 Å². The van der Waals surface area contributed by atoms with Gasteiger partial charge in [0.05, 0.1) is 11.5 Å². The molecule has 110 valence electrons. The van der Waals surface area contributed by atoms with Crippen LogP contribution in [0.2, 0.25) is 0 Å². The Labute approximate surface area is 118 Å². The minimum absolute atomic E-state index is 0.111. The number of benzene rings is 1. The zero-order chi connectivity index (χ0) is 14.5. The molecule has 0 aromatic heterocycles. The number of likely N-dealkylation sites (N-methyl/N-ethyl adjacent to an activating group) is 1. The van der Waals surface area contributed by atoms with Crippen molar-refractivity contribution >= 4 is 17.1 Å². The number of nitrogens with zero attached hydrogens (tertiary/aromatic N) is 2. The molecule has 0 aliphatic heterocycles. The van der Waals surface area contributed by atoms with E-state index in [1.165, 1.54) is 12.8 Å². The predicted molar refractivity (Wildman–Crippen MR) is 79.5 cm³/mol. The first-order valence-corrected chi connectivity index (χ1v) is 6.87. The quantitative estimate of drug-likeness (QED) is 0.450. The molecule has 1 fully saturated rings. The van der Waals surface area contributed by atoms with Crippen molar-refractivity contribution in [2.75, 3.05) is 44.1 Å². The Hall–Kier alpha value is -1.82. The predicted octanol–water partition coefficient (Wildman–Crippen LogP) is 2.50. The second-order valence-corrected chi connectivity index (χ2v) is 5.12. The van der Waals surface area contributed by atoms with Crippen molar-refractivity contribution in [2.45, 2.75) is 12.8 Å². The zero-order valence-corrected chi connectivity index (χ0v) is 12.0. The molecule has 0 saturated heterocycles. The molecule has 2 rings (SSSR count). The third-order valence-corrected chi connectivity index (χ3v) is 3.50. The Balaban J connectivity index is 1.99. The summed E-state index contributed by atoms with van der Waals surface area (Å²) in [6.07, 6.45) is 2.54. The van der Waals surface area contributed by atoms with Crippen molar-refractivity contribution in [3.63, 3.8) is 0 Å². The molecule has 0 bridgehead atoms. The van der Waals surface area contributed by atoms with Crippen molar-refractivity contribution in [1.82, 2.24) is 0 Å². The summed E-state index contributed by atoms with van der Waals surface area (Å²) in [4.78, 5) is 12.8. The van der Waals surface area contributed by atoms with Crippen LogP contribution in [0.3, 0.4) is 0 Å². The van der Waals surface area contributed by atoms with Gasteiger partial charge in [-0.25, -0.2) is 0 Å². The molecular formula is C14H21N3O3. The van der Waals surface area contributed by atoms with Crippen LogP contribution in [0.1, 0.15) is 12.8 Å². The number of nitro benzene ring substituents is 1. The third kappa shape index (κ3) is 3.60. The van der Waals surface area contributed by atoms with E-state index in [2.05, 4.69) is 5.32 Å². The van der Waals surface area contributed by atoms with Gasteiger partial charge in [0.2, 0.25) is 0 Å². The first-order chi connectivity index (χ1) is 9.63. The molecule has 0 atom stereocenters. The number of hydrogen-bond acceptors (Lipinski definition) is 5. The molecule has 6 nitrogen and oxygen atoms in total. The lowest BCUT2D eigenvalue weighted by Gasteiger charge is -2.20. The van der Waals surface area contributed by atoms with E-state index in [1.807, 2.05) is 18.0 Å². The first-order valence-electron chi connectivity index (χ1n) is 6.87. The third-order valence-electron chi connectivity index (χ3n) is 3.50. The van der Waals surface area contributed by atoms with Crippen LogP contribution >= 0.6 is 0 Å². The Kier molecular flexibility index (Phi) is 4.79. The average molecular weight is 279 g/mol. The van der Waals surface area contributed by atoms with Gasteiger partial charge < -0.3 is 15.0 Å². The highest BCUT2D eigenvalue weighted by Gasteiger charge is 2.23. The first kappa shape index (κ1) is 14.6. The second kappa shape index (κ2) is 6.56. The van der Waals surface area contributed by atoms with Crippen molar-refractivity contribution < 1.29 is 9.66 Å². The molecule has 1 aliphatic carbocycles. The maximum atomic E-state index is 11.2. The summed E-state index contributed by atoms with van der Waals surface area (Å²) in [5.41, 5.74) is 1.25. The molecule has 1 aromatic rings. The van der Waals surface area contributed by atoms with E-state index in [-0.39, 0.29) is 10.6 Å². The fourth-order valence-corrected chi connectivity index (χ4v) is 2.09. The lowest BCUT2D eigenvalue weighted by Crippen LogP contribution is -2.24. The zero-order valence-electron chi connectivity index (χ0n) is 12.0. The molecule has 0 unspecified atom stereocenters. The van der Waals surface area contributed by atoms with E-state index in [0.29, 0.717) is 24.5 Å². The van der Waals surface area contributed by atoms with Gasteiger partial charge in [-0.3, -0.25) is 10.1 Å². The van der Waals surface area contributed by atoms with Crippen LogP contribution in [0, 0.1) is 16.0 Å². The smallest absolute Gasteiger partial charge is 0.315 e. The molecule has 0 heterocycles. The van der Waals surface area contributed by atoms with Gasteiger partial charge in [0.25, 0.3) is 0 Å². The molecule has 1 aliphatic rings. The van der Waals surface area contributed by atoms with E-state index in [1.54, 1.807) is 19.2 Å².